The Balaban J connectivity index is 2.01. The van der Waals surface area contributed by atoms with Gasteiger partial charge in [-0.2, -0.15) is 0 Å². The van der Waals surface area contributed by atoms with Crippen LogP contribution in [0.15, 0.2) is 42.5 Å². The number of nitrogens with one attached hydrogen (secondary N) is 2. The largest absolute Gasteiger partial charge is 0.447 e. The maximum absolute atomic E-state index is 12.3. The number of carbonyl (C=O) groups excluding carboxylic acids is 4. The molecule has 9 heteroatoms. The number of ether oxygens (including phenoxy) is 1. The molecule has 2 rings (SSSR count). The van der Waals surface area contributed by atoms with Crippen LogP contribution in [0.2, 0.25) is 4.34 Å². The molecule has 142 valence electrons. The summed E-state index contributed by atoms with van der Waals surface area (Å²) in [5, 5.41) is 4.33. The normalized spacial score (nSPS) is 11.3. The Bertz CT molecular complexity index is 837. The first-order valence-corrected chi connectivity index (χ1v) is 9.15. The lowest BCUT2D eigenvalue weighted by Gasteiger charge is -2.17. The van der Waals surface area contributed by atoms with Gasteiger partial charge in [-0.05, 0) is 12.1 Å². The highest BCUT2D eigenvalue weighted by molar-refractivity contribution is 7.18. The van der Waals surface area contributed by atoms with Crippen LogP contribution in [0.25, 0.3) is 0 Å². The quantitative estimate of drug-likeness (QED) is 0.541. The smallest absolute Gasteiger partial charge is 0.321 e. The summed E-state index contributed by atoms with van der Waals surface area (Å²) < 4.78 is 5.71. The topological polar surface area (TPSA) is 102 Å². The van der Waals surface area contributed by atoms with E-state index in [0.717, 1.165) is 11.3 Å². The van der Waals surface area contributed by atoms with Crippen molar-refractivity contribution in [2.45, 2.75) is 18.9 Å². The summed E-state index contributed by atoms with van der Waals surface area (Å²) in [5.41, 5.74) is 0.406. The zero-order chi connectivity index (χ0) is 19.8. The fourth-order valence-corrected chi connectivity index (χ4v) is 3.14. The Morgan fingerprint density at radius 3 is 2.37 bits per heavy atom. The van der Waals surface area contributed by atoms with Crippen LogP contribution in [-0.4, -0.2) is 30.7 Å². The van der Waals surface area contributed by atoms with Crippen molar-refractivity contribution in [3.05, 3.63) is 57.2 Å². The molecule has 0 spiro atoms. The SMILES string of the molecule is CNC(=O)NC(=O)[C@H](OC(=O)CCC(=O)c1ccc(Cl)s1)c1ccccc1. The first-order valence-electron chi connectivity index (χ1n) is 7.96. The Labute approximate surface area is 164 Å². The summed E-state index contributed by atoms with van der Waals surface area (Å²) in [6.45, 7) is 0. The Kier molecular flexibility index (Phi) is 7.51. The highest BCUT2D eigenvalue weighted by Gasteiger charge is 2.26. The minimum atomic E-state index is -1.30. The fraction of sp³-hybridized carbons (Fsp3) is 0.222. The van der Waals surface area contributed by atoms with E-state index < -0.39 is 24.0 Å². The first-order chi connectivity index (χ1) is 12.9. The molecule has 0 saturated carbocycles. The first kappa shape index (κ1) is 20.6. The molecule has 0 radical (unpaired) electrons. The van der Waals surface area contributed by atoms with Crippen LogP contribution < -0.4 is 10.6 Å². The Hall–Kier alpha value is -2.71. The van der Waals surface area contributed by atoms with Gasteiger partial charge >= 0.3 is 12.0 Å². The summed E-state index contributed by atoms with van der Waals surface area (Å²) in [6.07, 6.45) is -1.58. The van der Waals surface area contributed by atoms with Gasteiger partial charge in [-0.25, -0.2) is 4.79 Å². The fourth-order valence-electron chi connectivity index (χ4n) is 2.13. The van der Waals surface area contributed by atoms with E-state index in [0.29, 0.717) is 14.8 Å². The zero-order valence-electron chi connectivity index (χ0n) is 14.4. The lowest BCUT2D eigenvalue weighted by molar-refractivity contribution is -0.156. The monoisotopic (exact) mass is 408 g/mol. The van der Waals surface area contributed by atoms with Gasteiger partial charge in [0.15, 0.2) is 5.78 Å². The van der Waals surface area contributed by atoms with E-state index in [4.69, 9.17) is 16.3 Å². The molecule has 0 bridgehead atoms. The minimum Gasteiger partial charge on any atom is -0.447 e. The van der Waals surface area contributed by atoms with Crippen molar-refractivity contribution in [3.63, 3.8) is 0 Å². The highest BCUT2D eigenvalue weighted by Crippen LogP contribution is 2.23. The Morgan fingerprint density at radius 2 is 1.78 bits per heavy atom. The maximum Gasteiger partial charge on any atom is 0.321 e. The van der Waals surface area contributed by atoms with Crippen molar-refractivity contribution >= 4 is 46.6 Å². The molecule has 1 aromatic carbocycles. The standard InChI is InChI=1S/C18H17ClN2O5S/c1-20-18(25)21-17(24)16(11-5-3-2-4-6-11)26-15(23)10-7-12(22)13-8-9-14(19)27-13/h2-6,8-9,16H,7,10H2,1H3,(H2,20,21,24,25)/t16-/m1/s1. The zero-order valence-corrected chi connectivity index (χ0v) is 15.9. The third kappa shape index (κ3) is 6.19. The second-order valence-electron chi connectivity index (χ2n) is 5.38. The molecule has 0 aliphatic carbocycles. The predicted molar refractivity (Wildman–Crippen MR) is 101 cm³/mol. The van der Waals surface area contributed by atoms with Gasteiger partial charge in [0.2, 0.25) is 6.10 Å². The number of ketones is 1. The number of halogens is 1. The van der Waals surface area contributed by atoms with Gasteiger partial charge < -0.3 is 10.1 Å². The summed E-state index contributed by atoms with van der Waals surface area (Å²) in [7, 11) is 1.36. The average molecular weight is 409 g/mol. The van der Waals surface area contributed by atoms with E-state index in [2.05, 4.69) is 10.6 Å². The molecule has 0 aliphatic heterocycles. The number of rotatable bonds is 7. The number of esters is 1. The molecule has 27 heavy (non-hydrogen) atoms. The van der Waals surface area contributed by atoms with Gasteiger partial charge in [0.25, 0.3) is 5.91 Å². The molecule has 7 nitrogen and oxygen atoms in total. The number of Topliss-reactive ketones (excluding diaryl/α,β-unsaturated/α-hetero) is 1. The molecule has 0 aliphatic rings. The molecule has 2 N–H and O–H groups in total. The third-order valence-corrected chi connectivity index (χ3v) is 4.73. The van der Waals surface area contributed by atoms with Crippen LogP contribution in [0.1, 0.15) is 34.2 Å². The van der Waals surface area contributed by atoms with Crippen LogP contribution in [0.5, 0.6) is 0 Å². The second-order valence-corrected chi connectivity index (χ2v) is 7.09. The van der Waals surface area contributed by atoms with Gasteiger partial charge in [-0.3, -0.25) is 19.7 Å². The number of amides is 3. The van der Waals surface area contributed by atoms with E-state index in [-0.39, 0.29) is 18.6 Å². The number of imide groups is 1. The molecular formula is C18H17ClN2O5S. The van der Waals surface area contributed by atoms with Gasteiger partial charge in [0, 0.05) is 19.0 Å². The molecule has 3 amide bonds. The molecule has 0 saturated heterocycles. The van der Waals surface area contributed by atoms with E-state index in [1.165, 1.54) is 7.05 Å². The van der Waals surface area contributed by atoms with Crippen LogP contribution >= 0.6 is 22.9 Å². The summed E-state index contributed by atoms with van der Waals surface area (Å²) >= 11 is 6.92. The number of carbonyl (C=O) groups is 4. The Morgan fingerprint density at radius 1 is 1.07 bits per heavy atom. The molecule has 0 fully saturated rings. The molecule has 2 aromatic rings. The lowest BCUT2D eigenvalue weighted by atomic mass is 10.1. The van der Waals surface area contributed by atoms with Crippen molar-refractivity contribution in [2.24, 2.45) is 0 Å². The number of benzene rings is 1. The summed E-state index contributed by atoms with van der Waals surface area (Å²) in [4.78, 5) is 48.3. The highest BCUT2D eigenvalue weighted by atomic mass is 35.5. The van der Waals surface area contributed by atoms with Crippen molar-refractivity contribution in [2.75, 3.05) is 7.05 Å². The van der Waals surface area contributed by atoms with Crippen LogP contribution in [0.4, 0.5) is 4.79 Å². The van der Waals surface area contributed by atoms with Crippen molar-refractivity contribution < 1.29 is 23.9 Å². The molecule has 0 unspecified atom stereocenters. The van der Waals surface area contributed by atoms with Gasteiger partial charge in [0.1, 0.15) is 0 Å². The number of urea groups is 1. The summed E-state index contributed by atoms with van der Waals surface area (Å²) in [6, 6.07) is 10.8. The van der Waals surface area contributed by atoms with Crippen LogP contribution in [-0.2, 0) is 14.3 Å². The maximum atomic E-state index is 12.3. The van der Waals surface area contributed by atoms with Gasteiger partial charge in [0.05, 0.1) is 15.6 Å². The lowest BCUT2D eigenvalue weighted by Crippen LogP contribution is -2.41. The van der Waals surface area contributed by atoms with E-state index in [9.17, 15) is 19.2 Å². The van der Waals surface area contributed by atoms with E-state index in [1.54, 1.807) is 42.5 Å². The van der Waals surface area contributed by atoms with E-state index >= 15 is 0 Å². The molecule has 1 heterocycles. The molecule has 1 atom stereocenters. The number of hydrogen-bond acceptors (Lipinski definition) is 6. The van der Waals surface area contributed by atoms with Crippen molar-refractivity contribution in [3.8, 4) is 0 Å². The van der Waals surface area contributed by atoms with Crippen molar-refractivity contribution in [1.29, 1.82) is 0 Å². The summed E-state index contributed by atoms with van der Waals surface area (Å²) in [5.74, 6) is -1.76. The minimum absolute atomic E-state index is 0.0751. The van der Waals surface area contributed by atoms with Crippen molar-refractivity contribution in [1.82, 2.24) is 10.6 Å². The number of thiophene rings is 1. The average Bonchev–Trinajstić information content (AvgIpc) is 3.11. The second kappa shape index (κ2) is 9.84. The van der Waals surface area contributed by atoms with E-state index in [1.807, 2.05) is 0 Å². The van der Waals surface area contributed by atoms with Crippen LogP contribution in [0.3, 0.4) is 0 Å². The predicted octanol–water partition coefficient (Wildman–Crippen LogP) is 3.10. The van der Waals surface area contributed by atoms with Gasteiger partial charge in [-0.15, -0.1) is 11.3 Å². The number of hydrogen-bond donors (Lipinski definition) is 2. The molecular weight excluding hydrogens is 392 g/mol. The third-order valence-electron chi connectivity index (χ3n) is 3.46. The van der Waals surface area contributed by atoms with Gasteiger partial charge in [-0.1, -0.05) is 41.9 Å². The molecule has 1 aromatic heterocycles. The van der Waals surface area contributed by atoms with Crippen LogP contribution in [0, 0.1) is 0 Å².